The molecule has 3 heteroatoms. The minimum atomic E-state index is 0.702. The van der Waals surface area contributed by atoms with Crippen molar-refractivity contribution in [1.29, 1.82) is 0 Å². The van der Waals surface area contributed by atoms with Gasteiger partial charge in [-0.3, -0.25) is 0 Å². The van der Waals surface area contributed by atoms with E-state index in [4.69, 9.17) is 10.5 Å². The highest BCUT2D eigenvalue weighted by Crippen LogP contribution is 2.12. The Morgan fingerprint density at radius 3 is 2.67 bits per heavy atom. The van der Waals surface area contributed by atoms with E-state index in [0.29, 0.717) is 6.54 Å². The fourth-order valence-corrected chi connectivity index (χ4v) is 1.52. The third-order valence-corrected chi connectivity index (χ3v) is 2.64. The van der Waals surface area contributed by atoms with Gasteiger partial charge in [0, 0.05) is 26.2 Å². The largest absolute Gasteiger partial charge is 0.380 e. The Labute approximate surface area is 94.8 Å². The minimum absolute atomic E-state index is 0.702. The molecule has 15 heavy (non-hydrogen) atoms. The van der Waals surface area contributed by atoms with Crippen molar-refractivity contribution in [3.63, 3.8) is 0 Å². The van der Waals surface area contributed by atoms with Crippen LogP contribution in [0.4, 0.5) is 0 Å². The maximum absolute atomic E-state index is 5.63. The van der Waals surface area contributed by atoms with Gasteiger partial charge in [-0.15, -0.1) is 0 Å². The van der Waals surface area contributed by atoms with E-state index in [0.717, 1.165) is 32.2 Å². The van der Waals surface area contributed by atoms with Crippen molar-refractivity contribution in [3.8, 4) is 0 Å². The molecule has 0 aliphatic heterocycles. The van der Waals surface area contributed by atoms with Gasteiger partial charge in [0.2, 0.25) is 0 Å². The van der Waals surface area contributed by atoms with Gasteiger partial charge in [0.25, 0.3) is 0 Å². The van der Waals surface area contributed by atoms with Gasteiger partial charge in [0.15, 0.2) is 0 Å². The Morgan fingerprint density at radius 1 is 1.27 bits per heavy atom. The second-order valence-corrected chi connectivity index (χ2v) is 4.03. The SMILES string of the molecule is CCCCC(CC)COCCNCCN. The Kier molecular flexibility index (Phi) is 11.9. The highest BCUT2D eigenvalue weighted by Gasteiger charge is 2.05. The Hall–Kier alpha value is -0.120. The maximum Gasteiger partial charge on any atom is 0.0591 e. The van der Waals surface area contributed by atoms with Gasteiger partial charge in [-0.2, -0.15) is 0 Å². The van der Waals surface area contributed by atoms with Crippen LogP contribution < -0.4 is 11.1 Å². The first-order valence-electron chi connectivity index (χ1n) is 6.33. The summed E-state index contributed by atoms with van der Waals surface area (Å²) in [6.07, 6.45) is 5.15. The van der Waals surface area contributed by atoms with Gasteiger partial charge >= 0.3 is 0 Å². The standard InChI is InChI=1S/C12H28N2O/c1-3-5-6-12(4-2)11-15-10-9-14-8-7-13/h12,14H,3-11,13H2,1-2H3. The smallest absolute Gasteiger partial charge is 0.0591 e. The molecule has 3 N–H and O–H groups in total. The molecule has 0 bridgehead atoms. The minimum Gasteiger partial charge on any atom is -0.380 e. The van der Waals surface area contributed by atoms with Crippen LogP contribution in [0.1, 0.15) is 39.5 Å². The zero-order valence-corrected chi connectivity index (χ0v) is 10.4. The van der Waals surface area contributed by atoms with Gasteiger partial charge in [0.1, 0.15) is 0 Å². The molecule has 0 aromatic heterocycles. The molecular weight excluding hydrogens is 188 g/mol. The number of unbranched alkanes of at least 4 members (excludes halogenated alkanes) is 1. The number of nitrogens with two attached hydrogens (primary N) is 1. The van der Waals surface area contributed by atoms with Gasteiger partial charge in [0.05, 0.1) is 6.61 Å². The summed E-state index contributed by atoms with van der Waals surface area (Å²) in [5, 5.41) is 3.22. The lowest BCUT2D eigenvalue weighted by molar-refractivity contribution is 0.0959. The van der Waals surface area contributed by atoms with Crippen LogP contribution in [0.3, 0.4) is 0 Å². The summed E-state index contributed by atoms with van der Waals surface area (Å²) in [6.45, 7) is 8.72. The summed E-state index contributed by atoms with van der Waals surface area (Å²) >= 11 is 0. The van der Waals surface area contributed by atoms with Crippen LogP contribution in [0, 0.1) is 5.92 Å². The second kappa shape index (κ2) is 12.0. The van der Waals surface area contributed by atoms with E-state index in [-0.39, 0.29) is 0 Å². The third-order valence-electron chi connectivity index (χ3n) is 2.64. The highest BCUT2D eigenvalue weighted by atomic mass is 16.5. The molecule has 1 unspecified atom stereocenters. The van der Waals surface area contributed by atoms with Crippen molar-refractivity contribution in [2.24, 2.45) is 11.7 Å². The molecule has 0 heterocycles. The molecule has 0 spiro atoms. The first-order valence-corrected chi connectivity index (χ1v) is 6.33. The summed E-state index contributed by atoms with van der Waals surface area (Å²) in [6, 6.07) is 0. The molecule has 0 aliphatic carbocycles. The van der Waals surface area contributed by atoms with E-state index in [2.05, 4.69) is 19.2 Å². The zero-order chi connectivity index (χ0) is 11.4. The van der Waals surface area contributed by atoms with E-state index in [1.165, 1.54) is 25.7 Å². The average molecular weight is 216 g/mol. The quantitative estimate of drug-likeness (QED) is 0.517. The number of nitrogens with one attached hydrogen (secondary N) is 1. The molecule has 0 radical (unpaired) electrons. The van der Waals surface area contributed by atoms with Gasteiger partial charge in [-0.25, -0.2) is 0 Å². The first kappa shape index (κ1) is 14.9. The normalized spacial score (nSPS) is 13.0. The highest BCUT2D eigenvalue weighted by molar-refractivity contribution is 4.56. The van der Waals surface area contributed by atoms with Crippen LogP contribution in [0.5, 0.6) is 0 Å². The number of ether oxygens (including phenoxy) is 1. The fourth-order valence-electron chi connectivity index (χ4n) is 1.52. The van der Waals surface area contributed by atoms with Crippen LogP contribution >= 0.6 is 0 Å². The first-order chi connectivity index (χ1) is 7.35. The van der Waals surface area contributed by atoms with Crippen molar-refractivity contribution in [3.05, 3.63) is 0 Å². The number of hydrogen-bond acceptors (Lipinski definition) is 3. The average Bonchev–Trinajstić information content (AvgIpc) is 2.27. The second-order valence-electron chi connectivity index (χ2n) is 4.03. The predicted octanol–water partition coefficient (Wildman–Crippen LogP) is 1.77. The third kappa shape index (κ3) is 10.2. The summed E-state index contributed by atoms with van der Waals surface area (Å²) in [5.41, 5.74) is 5.36. The molecule has 0 saturated carbocycles. The lowest BCUT2D eigenvalue weighted by atomic mass is 10.0. The molecule has 0 rings (SSSR count). The number of rotatable bonds is 11. The van der Waals surface area contributed by atoms with Crippen LogP contribution in [-0.4, -0.2) is 32.8 Å². The van der Waals surface area contributed by atoms with Crippen LogP contribution in [0.25, 0.3) is 0 Å². The summed E-state index contributed by atoms with van der Waals surface area (Å²) in [7, 11) is 0. The Bertz CT molecular complexity index is 120. The fraction of sp³-hybridized carbons (Fsp3) is 1.00. The topological polar surface area (TPSA) is 47.3 Å². The van der Waals surface area contributed by atoms with Gasteiger partial charge in [-0.05, 0) is 12.3 Å². The zero-order valence-electron chi connectivity index (χ0n) is 10.4. The molecule has 0 saturated heterocycles. The molecule has 3 nitrogen and oxygen atoms in total. The monoisotopic (exact) mass is 216 g/mol. The van der Waals surface area contributed by atoms with E-state index >= 15 is 0 Å². The van der Waals surface area contributed by atoms with E-state index in [1.807, 2.05) is 0 Å². The van der Waals surface area contributed by atoms with Crippen molar-refractivity contribution >= 4 is 0 Å². The van der Waals surface area contributed by atoms with E-state index in [1.54, 1.807) is 0 Å². The Morgan fingerprint density at radius 2 is 2.07 bits per heavy atom. The molecule has 1 atom stereocenters. The molecule has 0 fully saturated rings. The summed E-state index contributed by atoms with van der Waals surface area (Å²) in [4.78, 5) is 0. The van der Waals surface area contributed by atoms with Crippen molar-refractivity contribution < 1.29 is 4.74 Å². The van der Waals surface area contributed by atoms with Crippen LogP contribution in [0.2, 0.25) is 0 Å². The molecule has 0 aromatic carbocycles. The summed E-state index contributed by atoms with van der Waals surface area (Å²) < 4.78 is 5.63. The van der Waals surface area contributed by atoms with E-state index in [9.17, 15) is 0 Å². The predicted molar refractivity (Wildman–Crippen MR) is 66.0 cm³/mol. The Balaban J connectivity index is 3.22. The lowest BCUT2D eigenvalue weighted by Gasteiger charge is -2.14. The van der Waals surface area contributed by atoms with Gasteiger partial charge in [-0.1, -0.05) is 33.1 Å². The van der Waals surface area contributed by atoms with Crippen molar-refractivity contribution in [2.75, 3.05) is 32.8 Å². The molecular formula is C12H28N2O. The lowest BCUT2D eigenvalue weighted by Crippen LogP contribution is -2.26. The van der Waals surface area contributed by atoms with Gasteiger partial charge < -0.3 is 15.8 Å². The molecule has 92 valence electrons. The molecule has 0 aromatic rings. The maximum atomic E-state index is 5.63. The van der Waals surface area contributed by atoms with Crippen molar-refractivity contribution in [1.82, 2.24) is 5.32 Å². The van der Waals surface area contributed by atoms with Crippen LogP contribution in [-0.2, 0) is 4.74 Å². The van der Waals surface area contributed by atoms with Crippen molar-refractivity contribution in [2.45, 2.75) is 39.5 Å². The molecule has 0 amide bonds. The summed E-state index contributed by atoms with van der Waals surface area (Å²) in [5.74, 6) is 0.749. The van der Waals surface area contributed by atoms with Crippen LogP contribution in [0.15, 0.2) is 0 Å². The number of hydrogen-bond donors (Lipinski definition) is 2. The van der Waals surface area contributed by atoms with E-state index < -0.39 is 0 Å². The molecule has 0 aliphatic rings.